The maximum atomic E-state index is 13.9. The molecular weight excluding hydrogens is 538 g/mol. The van der Waals surface area contributed by atoms with Gasteiger partial charge in [0, 0.05) is 5.56 Å². The lowest BCUT2D eigenvalue weighted by Gasteiger charge is -2.26. The van der Waals surface area contributed by atoms with Crippen LogP contribution < -0.4 is 9.64 Å². The van der Waals surface area contributed by atoms with Gasteiger partial charge in [0.25, 0.3) is 5.91 Å². The average molecular weight is 568 g/mol. The van der Waals surface area contributed by atoms with E-state index < -0.39 is 29.5 Å². The molecule has 4 rings (SSSR count). The Morgan fingerprint density at radius 2 is 1.85 bits per heavy atom. The van der Waals surface area contributed by atoms with E-state index in [1.807, 2.05) is 6.92 Å². The van der Waals surface area contributed by atoms with Crippen molar-refractivity contribution >= 4 is 45.5 Å². The van der Waals surface area contributed by atoms with Crippen LogP contribution in [0.25, 0.3) is 0 Å². The summed E-state index contributed by atoms with van der Waals surface area (Å²) in [6.07, 6.45) is 3.19. The number of carbonyl (C=O) groups excluding carboxylic acids is 3. The standard InChI is InChI=1S/C28H29N3O6S2/c1-6-8-14-36-19-12-10-9-11-18(19)21-20(22(32)24-15(3)29-17(5)38-24)23(33)26(34)31(21)28-30-16(4)25(39-28)27(35)37-13-7-2/h7,9-12,21,33H,2,6,8,13-14H2,1,3-5H3. The molecule has 0 saturated carbocycles. The van der Waals surface area contributed by atoms with Crippen LogP contribution in [0, 0.1) is 20.8 Å². The molecule has 3 heterocycles. The first-order chi connectivity index (χ1) is 18.7. The number of rotatable bonds is 11. The second-order valence-corrected chi connectivity index (χ2v) is 11.0. The highest BCUT2D eigenvalue weighted by molar-refractivity contribution is 7.17. The molecule has 9 nitrogen and oxygen atoms in total. The van der Waals surface area contributed by atoms with Gasteiger partial charge in [0.15, 0.2) is 10.9 Å². The maximum Gasteiger partial charge on any atom is 0.350 e. The van der Waals surface area contributed by atoms with E-state index in [0.29, 0.717) is 39.2 Å². The first-order valence-electron chi connectivity index (χ1n) is 12.4. The van der Waals surface area contributed by atoms with Gasteiger partial charge in [-0.2, -0.15) is 0 Å². The number of aromatic nitrogens is 2. The number of aryl methyl sites for hydroxylation is 3. The van der Waals surface area contributed by atoms with Crippen molar-refractivity contribution in [2.75, 3.05) is 18.1 Å². The Bertz CT molecular complexity index is 1470. The lowest BCUT2D eigenvalue weighted by molar-refractivity contribution is -0.117. The fraction of sp³-hybridized carbons (Fsp3) is 0.321. The molecule has 0 fully saturated rings. The number of Topliss-reactive ketones (excluding diaryl/α,β-unsaturated/α-hetero) is 1. The number of amides is 1. The molecule has 1 aromatic carbocycles. The van der Waals surface area contributed by atoms with Gasteiger partial charge >= 0.3 is 5.97 Å². The summed E-state index contributed by atoms with van der Waals surface area (Å²) in [4.78, 5) is 50.7. The Balaban J connectivity index is 1.86. The molecule has 2 aromatic heterocycles. The van der Waals surface area contributed by atoms with E-state index in [2.05, 4.69) is 16.5 Å². The molecule has 1 N–H and O–H groups in total. The predicted molar refractivity (Wildman–Crippen MR) is 150 cm³/mol. The molecule has 0 bridgehead atoms. The van der Waals surface area contributed by atoms with E-state index in [1.54, 1.807) is 45.0 Å². The first-order valence-corrected chi connectivity index (χ1v) is 14.0. The maximum absolute atomic E-state index is 13.9. The smallest absolute Gasteiger partial charge is 0.350 e. The number of esters is 1. The molecule has 0 saturated heterocycles. The van der Waals surface area contributed by atoms with Crippen LogP contribution in [0.1, 0.15) is 67.1 Å². The fourth-order valence-electron chi connectivity index (χ4n) is 4.23. The topological polar surface area (TPSA) is 119 Å². The fourth-order valence-corrected chi connectivity index (χ4v) is 6.09. The average Bonchev–Trinajstić information content (AvgIpc) is 3.55. The minimum absolute atomic E-state index is 0.0217. The highest BCUT2D eigenvalue weighted by atomic mass is 32.1. The number of ether oxygens (including phenoxy) is 2. The van der Waals surface area contributed by atoms with Gasteiger partial charge in [0.2, 0.25) is 5.78 Å². The van der Waals surface area contributed by atoms with Gasteiger partial charge in [-0.3, -0.25) is 14.5 Å². The number of thiazole rings is 2. The summed E-state index contributed by atoms with van der Waals surface area (Å²) in [5.74, 6) is -2.11. The van der Waals surface area contributed by atoms with Crippen molar-refractivity contribution in [1.82, 2.24) is 9.97 Å². The Labute approximate surface area is 234 Å². The number of ketones is 1. The second kappa shape index (κ2) is 11.9. The van der Waals surface area contributed by atoms with Crippen molar-refractivity contribution in [1.29, 1.82) is 0 Å². The van der Waals surface area contributed by atoms with Gasteiger partial charge in [-0.05, 0) is 33.3 Å². The molecule has 1 atom stereocenters. The van der Waals surface area contributed by atoms with Crippen LogP contribution in [0.15, 0.2) is 48.3 Å². The Hall–Kier alpha value is -3.83. The number of unbranched alkanes of at least 4 members (excludes halogenated alkanes) is 1. The van der Waals surface area contributed by atoms with Gasteiger partial charge in [-0.25, -0.2) is 14.8 Å². The third kappa shape index (κ3) is 5.50. The molecule has 1 amide bonds. The summed E-state index contributed by atoms with van der Waals surface area (Å²) in [5.41, 5.74) is 1.28. The number of anilines is 1. The summed E-state index contributed by atoms with van der Waals surface area (Å²) in [7, 11) is 0. The molecule has 0 radical (unpaired) electrons. The minimum atomic E-state index is -1.05. The number of para-hydroxylation sites is 1. The minimum Gasteiger partial charge on any atom is -0.503 e. The summed E-state index contributed by atoms with van der Waals surface area (Å²) in [6, 6.07) is 6.04. The van der Waals surface area contributed by atoms with E-state index in [4.69, 9.17) is 9.47 Å². The molecule has 11 heteroatoms. The molecule has 204 valence electrons. The number of aliphatic hydroxyl groups is 1. The van der Waals surface area contributed by atoms with Crippen LogP contribution in [0.3, 0.4) is 0 Å². The Morgan fingerprint density at radius 1 is 1.13 bits per heavy atom. The van der Waals surface area contributed by atoms with Crippen molar-refractivity contribution in [3.05, 3.63) is 80.0 Å². The quantitative estimate of drug-likeness (QED) is 0.133. The van der Waals surface area contributed by atoms with Crippen molar-refractivity contribution in [3.8, 4) is 5.75 Å². The van der Waals surface area contributed by atoms with Crippen LogP contribution in [0.5, 0.6) is 5.75 Å². The first kappa shape index (κ1) is 28.2. The van der Waals surface area contributed by atoms with E-state index in [9.17, 15) is 19.5 Å². The van der Waals surface area contributed by atoms with Crippen LogP contribution >= 0.6 is 22.7 Å². The summed E-state index contributed by atoms with van der Waals surface area (Å²) >= 11 is 2.15. The summed E-state index contributed by atoms with van der Waals surface area (Å²) < 4.78 is 11.2. The third-order valence-corrected chi connectivity index (χ3v) is 8.25. The number of hydrogen-bond donors (Lipinski definition) is 1. The van der Waals surface area contributed by atoms with E-state index in [1.165, 1.54) is 22.3 Å². The Morgan fingerprint density at radius 3 is 2.51 bits per heavy atom. The molecular formula is C28H29N3O6S2. The number of carbonyl (C=O) groups is 3. The molecule has 0 aliphatic carbocycles. The summed E-state index contributed by atoms with van der Waals surface area (Å²) in [5, 5.41) is 12.0. The van der Waals surface area contributed by atoms with Crippen LogP contribution in [0.2, 0.25) is 0 Å². The van der Waals surface area contributed by atoms with Crippen molar-refractivity contribution in [2.24, 2.45) is 0 Å². The van der Waals surface area contributed by atoms with Crippen LogP contribution in [-0.2, 0) is 9.53 Å². The zero-order valence-corrected chi connectivity index (χ0v) is 23.8. The number of nitrogens with zero attached hydrogens (tertiary/aromatic N) is 3. The van der Waals surface area contributed by atoms with Gasteiger partial charge < -0.3 is 14.6 Å². The normalized spacial score (nSPS) is 15.1. The molecule has 1 unspecified atom stereocenters. The van der Waals surface area contributed by atoms with E-state index >= 15 is 0 Å². The Kier molecular flexibility index (Phi) is 8.61. The van der Waals surface area contributed by atoms with Gasteiger partial charge in [0.1, 0.15) is 23.3 Å². The molecule has 1 aliphatic rings. The van der Waals surface area contributed by atoms with Crippen LogP contribution in [-0.4, -0.2) is 45.9 Å². The number of aliphatic hydroxyl groups excluding tert-OH is 1. The highest BCUT2D eigenvalue weighted by Gasteiger charge is 2.47. The summed E-state index contributed by atoms with van der Waals surface area (Å²) in [6.45, 7) is 11.2. The lowest BCUT2D eigenvalue weighted by Crippen LogP contribution is -2.31. The zero-order valence-electron chi connectivity index (χ0n) is 22.1. The highest BCUT2D eigenvalue weighted by Crippen LogP contribution is 2.46. The SMILES string of the molecule is C=CCOC(=O)c1sc(N2C(=O)C(O)=C(C(=O)c3sc(C)nc3C)C2c2ccccc2OCCCC)nc1C. The van der Waals surface area contributed by atoms with E-state index in [-0.39, 0.29) is 22.2 Å². The lowest BCUT2D eigenvalue weighted by atomic mass is 9.94. The van der Waals surface area contributed by atoms with Gasteiger partial charge in [-0.1, -0.05) is 55.5 Å². The zero-order chi connectivity index (χ0) is 28.3. The van der Waals surface area contributed by atoms with Crippen LogP contribution in [0.4, 0.5) is 5.13 Å². The predicted octanol–water partition coefficient (Wildman–Crippen LogP) is 5.83. The monoisotopic (exact) mass is 567 g/mol. The second-order valence-electron chi connectivity index (χ2n) is 8.85. The molecule has 39 heavy (non-hydrogen) atoms. The van der Waals surface area contributed by atoms with Crippen molar-refractivity contribution in [3.63, 3.8) is 0 Å². The van der Waals surface area contributed by atoms with Crippen molar-refractivity contribution < 1.29 is 29.0 Å². The molecule has 1 aliphatic heterocycles. The van der Waals surface area contributed by atoms with E-state index in [0.717, 1.165) is 24.2 Å². The molecule has 0 spiro atoms. The number of hydrogen-bond acceptors (Lipinski definition) is 10. The largest absolute Gasteiger partial charge is 0.503 e. The van der Waals surface area contributed by atoms with Gasteiger partial charge in [-0.15, -0.1) is 11.3 Å². The van der Waals surface area contributed by atoms with Crippen molar-refractivity contribution in [2.45, 2.75) is 46.6 Å². The van der Waals surface area contributed by atoms with Gasteiger partial charge in [0.05, 0.1) is 33.5 Å². The molecule has 3 aromatic rings. The third-order valence-electron chi connectivity index (χ3n) is 6.04. The number of benzene rings is 1.